The van der Waals surface area contributed by atoms with Gasteiger partial charge in [-0.1, -0.05) is 0 Å². The second kappa shape index (κ2) is 5.37. The highest BCUT2D eigenvalue weighted by molar-refractivity contribution is 5.40. The van der Waals surface area contributed by atoms with Gasteiger partial charge < -0.3 is 9.80 Å². The SMILES string of the molecule is C=O.CN(N)c1cccnc1. The Morgan fingerprint density at radius 3 is 2.55 bits per heavy atom. The van der Waals surface area contributed by atoms with Gasteiger partial charge in [0, 0.05) is 13.2 Å². The quantitative estimate of drug-likeness (QED) is 0.462. The number of carbonyl (C=O) groups excluding carboxylic acids is 1. The molecule has 0 spiro atoms. The lowest BCUT2D eigenvalue weighted by atomic mass is 10.4. The van der Waals surface area contributed by atoms with E-state index in [-0.39, 0.29) is 0 Å². The van der Waals surface area contributed by atoms with Crippen LogP contribution in [0.5, 0.6) is 0 Å². The van der Waals surface area contributed by atoms with E-state index in [1.807, 2.05) is 18.9 Å². The molecule has 1 aromatic heterocycles. The highest BCUT2D eigenvalue weighted by atomic mass is 16.1. The molecule has 0 aliphatic heterocycles. The molecule has 4 heteroatoms. The Hall–Kier alpha value is -1.42. The minimum atomic E-state index is 0.914. The van der Waals surface area contributed by atoms with Crippen molar-refractivity contribution in [2.24, 2.45) is 5.84 Å². The lowest BCUT2D eigenvalue weighted by Gasteiger charge is -2.09. The summed E-state index contributed by atoms with van der Waals surface area (Å²) in [4.78, 5) is 11.9. The van der Waals surface area contributed by atoms with Crippen LogP contribution in [0.25, 0.3) is 0 Å². The molecule has 1 rings (SSSR count). The van der Waals surface area contributed by atoms with Gasteiger partial charge in [0.25, 0.3) is 0 Å². The van der Waals surface area contributed by atoms with Gasteiger partial charge in [-0.3, -0.25) is 4.98 Å². The third-order valence-corrected chi connectivity index (χ3v) is 1.05. The fourth-order valence-electron chi connectivity index (χ4n) is 0.562. The van der Waals surface area contributed by atoms with Gasteiger partial charge in [-0.2, -0.15) is 0 Å². The van der Waals surface area contributed by atoms with Crippen molar-refractivity contribution < 1.29 is 4.79 Å². The Kier molecular flexibility index (Phi) is 4.68. The fourth-order valence-corrected chi connectivity index (χ4v) is 0.562. The number of rotatable bonds is 1. The van der Waals surface area contributed by atoms with Crippen molar-refractivity contribution in [3.8, 4) is 0 Å². The topological polar surface area (TPSA) is 59.2 Å². The summed E-state index contributed by atoms with van der Waals surface area (Å²) >= 11 is 0. The standard InChI is InChI=1S/C6H9N3.CH2O/c1-9(7)6-3-2-4-8-5-6;1-2/h2-5H,7H2,1H3;1H2. The molecule has 0 fully saturated rings. The summed E-state index contributed by atoms with van der Waals surface area (Å²) in [6, 6.07) is 3.74. The number of nitrogens with zero attached hydrogens (tertiary/aromatic N) is 2. The zero-order valence-electron chi connectivity index (χ0n) is 6.40. The zero-order chi connectivity index (χ0) is 8.69. The van der Waals surface area contributed by atoms with Gasteiger partial charge in [-0.15, -0.1) is 0 Å². The van der Waals surface area contributed by atoms with Gasteiger partial charge in [0.2, 0.25) is 0 Å². The lowest BCUT2D eigenvalue weighted by Crippen LogP contribution is -2.24. The average molecular weight is 153 g/mol. The summed E-state index contributed by atoms with van der Waals surface area (Å²) in [5.41, 5.74) is 0.914. The number of hydrogen-bond donors (Lipinski definition) is 1. The summed E-state index contributed by atoms with van der Waals surface area (Å²) in [6.45, 7) is 2.00. The first-order valence-electron chi connectivity index (χ1n) is 2.98. The van der Waals surface area contributed by atoms with Gasteiger partial charge >= 0.3 is 0 Å². The Labute approximate surface area is 65.6 Å². The van der Waals surface area contributed by atoms with Gasteiger partial charge in [0.05, 0.1) is 11.9 Å². The Balaban J connectivity index is 0.000000461. The van der Waals surface area contributed by atoms with E-state index in [0.717, 1.165) is 5.69 Å². The van der Waals surface area contributed by atoms with E-state index in [1.54, 1.807) is 19.4 Å². The van der Waals surface area contributed by atoms with Crippen LogP contribution in [0.15, 0.2) is 24.5 Å². The van der Waals surface area contributed by atoms with E-state index < -0.39 is 0 Å². The van der Waals surface area contributed by atoms with E-state index in [0.29, 0.717) is 0 Å². The molecule has 60 valence electrons. The monoisotopic (exact) mass is 153 g/mol. The largest absolute Gasteiger partial charge is 0.313 e. The minimum Gasteiger partial charge on any atom is -0.313 e. The molecular formula is C7H11N3O. The second-order valence-electron chi connectivity index (χ2n) is 1.82. The lowest BCUT2D eigenvalue weighted by molar-refractivity contribution is -0.0979. The summed E-state index contributed by atoms with van der Waals surface area (Å²) in [7, 11) is 1.77. The fraction of sp³-hybridized carbons (Fsp3) is 0.143. The number of aromatic nitrogens is 1. The molecule has 1 heterocycles. The summed E-state index contributed by atoms with van der Waals surface area (Å²) in [6.07, 6.45) is 3.42. The van der Waals surface area contributed by atoms with Crippen LogP contribution in [0.3, 0.4) is 0 Å². The van der Waals surface area contributed by atoms with Gasteiger partial charge in [-0.25, -0.2) is 5.84 Å². The number of hydrazine groups is 1. The first-order chi connectivity index (χ1) is 5.30. The van der Waals surface area contributed by atoms with Gasteiger partial charge in [0.15, 0.2) is 0 Å². The maximum Gasteiger partial charge on any atom is 0.106 e. The van der Waals surface area contributed by atoms with Gasteiger partial charge in [0.1, 0.15) is 6.79 Å². The molecule has 0 aromatic carbocycles. The Bertz CT molecular complexity index is 188. The van der Waals surface area contributed by atoms with Crippen molar-refractivity contribution >= 4 is 12.5 Å². The summed E-state index contributed by atoms with van der Waals surface area (Å²) in [5, 5.41) is 1.52. The molecule has 0 aliphatic carbocycles. The second-order valence-corrected chi connectivity index (χ2v) is 1.82. The molecule has 0 bridgehead atoms. The Morgan fingerprint density at radius 1 is 1.64 bits per heavy atom. The predicted molar refractivity (Wildman–Crippen MR) is 43.9 cm³/mol. The van der Waals surface area contributed by atoms with Crippen LogP contribution in [0, 0.1) is 0 Å². The average Bonchev–Trinajstić information content (AvgIpc) is 2.10. The first kappa shape index (κ1) is 9.58. The van der Waals surface area contributed by atoms with Crippen molar-refractivity contribution in [2.75, 3.05) is 12.1 Å². The number of carbonyl (C=O) groups is 1. The maximum absolute atomic E-state index is 8.00. The van der Waals surface area contributed by atoms with Crippen molar-refractivity contribution in [1.82, 2.24) is 4.98 Å². The molecule has 0 aliphatic rings. The molecule has 2 N–H and O–H groups in total. The first-order valence-corrected chi connectivity index (χ1v) is 2.98. The predicted octanol–water partition coefficient (Wildman–Crippen LogP) is 0.207. The van der Waals surface area contributed by atoms with Crippen LogP contribution in [0.2, 0.25) is 0 Å². The van der Waals surface area contributed by atoms with Crippen LogP contribution < -0.4 is 10.9 Å². The van der Waals surface area contributed by atoms with E-state index >= 15 is 0 Å². The summed E-state index contributed by atoms with van der Waals surface area (Å²) < 4.78 is 0. The van der Waals surface area contributed by atoms with Crippen molar-refractivity contribution in [3.63, 3.8) is 0 Å². The van der Waals surface area contributed by atoms with Crippen LogP contribution in [0.4, 0.5) is 5.69 Å². The molecule has 11 heavy (non-hydrogen) atoms. The number of hydrogen-bond acceptors (Lipinski definition) is 4. The number of anilines is 1. The molecule has 4 nitrogen and oxygen atoms in total. The third-order valence-electron chi connectivity index (χ3n) is 1.05. The van der Waals surface area contributed by atoms with Crippen LogP contribution >= 0.6 is 0 Å². The number of nitrogens with two attached hydrogens (primary N) is 1. The van der Waals surface area contributed by atoms with Crippen molar-refractivity contribution in [2.45, 2.75) is 0 Å². The molecule has 0 radical (unpaired) electrons. The molecule has 0 amide bonds. The maximum atomic E-state index is 8.00. The van der Waals surface area contributed by atoms with Crippen LogP contribution in [0.1, 0.15) is 0 Å². The third kappa shape index (κ3) is 3.32. The molecule has 1 aromatic rings. The molecule has 0 unspecified atom stereocenters. The smallest absolute Gasteiger partial charge is 0.106 e. The normalized spacial score (nSPS) is 7.82. The zero-order valence-corrected chi connectivity index (χ0v) is 6.40. The van der Waals surface area contributed by atoms with Gasteiger partial charge in [-0.05, 0) is 12.1 Å². The van der Waals surface area contributed by atoms with Crippen molar-refractivity contribution in [3.05, 3.63) is 24.5 Å². The van der Waals surface area contributed by atoms with Crippen molar-refractivity contribution in [1.29, 1.82) is 0 Å². The molecule has 0 saturated carbocycles. The minimum absolute atomic E-state index is 0.914. The van der Waals surface area contributed by atoms with E-state index in [9.17, 15) is 0 Å². The van der Waals surface area contributed by atoms with Crippen LogP contribution in [-0.4, -0.2) is 18.8 Å². The van der Waals surface area contributed by atoms with Crippen LogP contribution in [-0.2, 0) is 4.79 Å². The number of pyridine rings is 1. The van der Waals surface area contributed by atoms with E-state index in [2.05, 4.69) is 4.98 Å². The molecule has 0 saturated heterocycles. The molecular weight excluding hydrogens is 142 g/mol. The highest BCUT2D eigenvalue weighted by Crippen LogP contribution is 2.03. The highest BCUT2D eigenvalue weighted by Gasteiger charge is 1.89. The molecule has 0 atom stereocenters. The van der Waals surface area contributed by atoms with E-state index in [1.165, 1.54) is 5.01 Å². The Morgan fingerprint density at radius 2 is 2.27 bits per heavy atom. The summed E-state index contributed by atoms with van der Waals surface area (Å²) in [5.74, 6) is 5.41. The van der Waals surface area contributed by atoms with E-state index in [4.69, 9.17) is 10.6 Å².